The maximum absolute atomic E-state index is 11.6. The fourth-order valence-corrected chi connectivity index (χ4v) is 1.88. The molecule has 0 bridgehead atoms. The molecule has 0 spiro atoms. The molecular weight excluding hydrogens is 270 g/mol. The first-order chi connectivity index (χ1) is 10.2. The van der Waals surface area contributed by atoms with E-state index in [4.69, 9.17) is 14.2 Å². The van der Waals surface area contributed by atoms with Crippen molar-refractivity contribution >= 4 is 5.97 Å². The van der Waals surface area contributed by atoms with Crippen molar-refractivity contribution in [1.82, 2.24) is 5.32 Å². The van der Waals surface area contributed by atoms with Gasteiger partial charge < -0.3 is 19.5 Å². The molecule has 0 aliphatic heterocycles. The van der Waals surface area contributed by atoms with Crippen LogP contribution in [0.15, 0.2) is 24.3 Å². The largest absolute Gasteiger partial charge is 0.494 e. The van der Waals surface area contributed by atoms with E-state index in [-0.39, 0.29) is 12.0 Å². The molecule has 0 aromatic heterocycles. The van der Waals surface area contributed by atoms with Crippen LogP contribution in [0.5, 0.6) is 11.5 Å². The molecule has 1 rings (SSSR count). The summed E-state index contributed by atoms with van der Waals surface area (Å²) in [6.07, 6.45) is 1.52. The van der Waals surface area contributed by atoms with E-state index in [0.29, 0.717) is 19.6 Å². The summed E-state index contributed by atoms with van der Waals surface area (Å²) in [6.45, 7) is 5.82. The van der Waals surface area contributed by atoms with Crippen molar-refractivity contribution < 1.29 is 19.0 Å². The number of benzene rings is 1. The molecule has 1 unspecified atom stereocenters. The van der Waals surface area contributed by atoms with Crippen molar-refractivity contribution in [3.63, 3.8) is 0 Å². The van der Waals surface area contributed by atoms with Crippen LogP contribution in [0.2, 0.25) is 0 Å². The Morgan fingerprint density at radius 2 is 1.95 bits per heavy atom. The molecular formula is C16H25NO4. The van der Waals surface area contributed by atoms with Crippen LogP contribution in [0.3, 0.4) is 0 Å². The van der Waals surface area contributed by atoms with Crippen LogP contribution in [0.25, 0.3) is 0 Å². The summed E-state index contributed by atoms with van der Waals surface area (Å²) in [5.74, 6) is 1.26. The van der Waals surface area contributed by atoms with E-state index in [1.54, 1.807) is 0 Å². The standard InChI is InChI=1S/C16H25NO4/c1-4-10-17-15(16(18)19-3)9-11-21-14-8-6-7-13(12-14)20-5-2/h6-8,12,15,17H,4-5,9-11H2,1-3H3. The lowest BCUT2D eigenvalue weighted by molar-refractivity contribution is -0.143. The number of methoxy groups -OCH3 is 1. The highest BCUT2D eigenvalue weighted by Gasteiger charge is 2.17. The van der Waals surface area contributed by atoms with Crippen LogP contribution in [-0.2, 0) is 9.53 Å². The first-order valence-corrected chi connectivity index (χ1v) is 7.38. The van der Waals surface area contributed by atoms with E-state index in [0.717, 1.165) is 24.5 Å². The van der Waals surface area contributed by atoms with Crippen LogP contribution >= 0.6 is 0 Å². The van der Waals surface area contributed by atoms with Crippen molar-refractivity contribution in [2.75, 3.05) is 26.9 Å². The Balaban J connectivity index is 2.45. The molecule has 5 heteroatoms. The Bertz CT molecular complexity index is 422. The molecule has 0 saturated heterocycles. The minimum absolute atomic E-state index is 0.255. The van der Waals surface area contributed by atoms with Gasteiger partial charge in [0, 0.05) is 12.5 Å². The molecule has 1 aromatic rings. The van der Waals surface area contributed by atoms with Gasteiger partial charge in [-0.1, -0.05) is 13.0 Å². The van der Waals surface area contributed by atoms with Gasteiger partial charge in [0.05, 0.1) is 20.3 Å². The van der Waals surface area contributed by atoms with E-state index in [1.807, 2.05) is 31.2 Å². The molecule has 21 heavy (non-hydrogen) atoms. The lowest BCUT2D eigenvalue weighted by Crippen LogP contribution is -2.39. The summed E-state index contributed by atoms with van der Waals surface area (Å²) < 4.78 is 15.9. The molecule has 118 valence electrons. The van der Waals surface area contributed by atoms with Crippen molar-refractivity contribution in [3.05, 3.63) is 24.3 Å². The van der Waals surface area contributed by atoms with Gasteiger partial charge in [0.25, 0.3) is 0 Å². The van der Waals surface area contributed by atoms with Crippen LogP contribution in [-0.4, -0.2) is 38.9 Å². The van der Waals surface area contributed by atoms with Gasteiger partial charge >= 0.3 is 5.97 Å². The topological polar surface area (TPSA) is 56.8 Å². The summed E-state index contributed by atoms with van der Waals surface area (Å²) in [7, 11) is 1.40. The smallest absolute Gasteiger partial charge is 0.322 e. The zero-order chi connectivity index (χ0) is 15.5. The summed E-state index contributed by atoms with van der Waals surface area (Å²) >= 11 is 0. The van der Waals surface area contributed by atoms with Gasteiger partial charge in [-0.15, -0.1) is 0 Å². The summed E-state index contributed by atoms with van der Waals surface area (Å²) in [4.78, 5) is 11.6. The van der Waals surface area contributed by atoms with Gasteiger partial charge in [0.2, 0.25) is 0 Å². The van der Waals surface area contributed by atoms with Gasteiger partial charge in [-0.2, -0.15) is 0 Å². The molecule has 0 heterocycles. The van der Waals surface area contributed by atoms with Crippen molar-refractivity contribution in [3.8, 4) is 11.5 Å². The molecule has 0 aliphatic rings. The second-order valence-electron chi connectivity index (χ2n) is 4.57. The third kappa shape index (κ3) is 6.49. The van der Waals surface area contributed by atoms with Crippen molar-refractivity contribution in [2.24, 2.45) is 0 Å². The van der Waals surface area contributed by atoms with E-state index in [9.17, 15) is 4.79 Å². The summed E-state index contributed by atoms with van der Waals surface area (Å²) in [5.41, 5.74) is 0. The SMILES string of the molecule is CCCNC(CCOc1cccc(OCC)c1)C(=O)OC. The lowest BCUT2D eigenvalue weighted by Gasteiger charge is -2.16. The molecule has 5 nitrogen and oxygen atoms in total. The Morgan fingerprint density at radius 1 is 1.24 bits per heavy atom. The molecule has 0 saturated carbocycles. The number of carbonyl (C=O) groups excluding carboxylic acids is 1. The van der Waals surface area contributed by atoms with Crippen LogP contribution in [0, 0.1) is 0 Å². The minimum Gasteiger partial charge on any atom is -0.494 e. The maximum Gasteiger partial charge on any atom is 0.322 e. The number of rotatable bonds is 10. The average Bonchev–Trinajstić information content (AvgIpc) is 2.50. The fourth-order valence-electron chi connectivity index (χ4n) is 1.88. The van der Waals surface area contributed by atoms with Gasteiger partial charge in [-0.3, -0.25) is 4.79 Å². The normalized spacial score (nSPS) is 11.8. The van der Waals surface area contributed by atoms with Gasteiger partial charge in [0.1, 0.15) is 17.5 Å². The number of esters is 1. The zero-order valence-electron chi connectivity index (χ0n) is 13.1. The predicted molar refractivity (Wildman–Crippen MR) is 81.8 cm³/mol. The Kier molecular flexibility index (Phi) is 8.28. The number of nitrogens with one attached hydrogen (secondary N) is 1. The number of hydrogen-bond acceptors (Lipinski definition) is 5. The molecule has 1 aromatic carbocycles. The monoisotopic (exact) mass is 295 g/mol. The Morgan fingerprint density at radius 3 is 2.57 bits per heavy atom. The van der Waals surface area contributed by atoms with Gasteiger partial charge in [-0.05, 0) is 32.0 Å². The van der Waals surface area contributed by atoms with Crippen LogP contribution in [0.1, 0.15) is 26.7 Å². The predicted octanol–water partition coefficient (Wildman–Crippen LogP) is 2.40. The van der Waals surface area contributed by atoms with E-state index < -0.39 is 0 Å². The third-order valence-electron chi connectivity index (χ3n) is 2.92. The molecule has 1 N–H and O–H groups in total. The molecule has 0 aliphatic carbocycles. The minimum atomic E-state index is -0.329. The van der Waals surface area contributed by atoms with E-state index in [2.05, 4.69) is 12.2 Å². The lowest BCUT2D eigenvalue weighted by atomic mass is 10.2. The second-order valence-corrected chi connectivity index (χ2v) is 4.57. The number of carbonyl (C=O) groups is 1. The average molecular weight is 295 g/mol. The molecule has 1 atom stereocenters. The van der Waals surface area contributed by atoms with Gasteiger partial charge in [-0.25, -0.2) is 0 Å². The highest BCUT2D eigenvalue weighted by molar-refractivity contribution is 5.75. The first kappa shape index (κ1) is 17.3. The highest BCUT2D eigenvalue weighted by atomic mass is 16.5. The molecule has 0 amide bonds. The van der Waals surface area contributed by atoms with Crippen LogP contribution in [0.4, 0.5) is 0 Å². The first-order valence-electron chi connectivity index (χ1n) is 7.38. The van der Waals surface area contributed by atoms with Gasteiger partial charge in [0.15, 0.2) is 0 Å². The van der Waals surface area contributed by atoms with Crippen molar-refractivity contribution in [1.29, 1.82) is 0 Å². The Labute approximate surface area is 126 Å². The van der Waals surface area contributed by atoms with E-state index in [1.165, 1.54) is 7.11 Å². The zero-order valence-corrected chi connectivity index (χ0v) is 13.1. The highest BCUT2D eigenvalue weighted by Crippen LogP contribution is 2.19. The number of hydrogen-bond donors (Lipinski definition) is 1. The fraction of sp³-hybridized carbons (Fsp3) is 0.562. The quantitative estimate of drug-likeness (QED) is 0.672. The number of ether oxygens (including phenoxy) is 3. The summed E-state index contributed by atoms with van der Waals surface area (Å²) in [5, 5.41) is 3.16. The second kappa shape index (κ2) is 10.0. The molecule has 0 fully saturated rings. The third-order valence-corrected chi connectivity index (χ3v) is 2.92. The van der Waals surface area contributed by atoms with Crippen LogP contribution < -0.4 is 14.8 Å². The Hall–Kier alpha value is -1.75. The van der Waals surface area contributed by atoms with E-state index >= 15 is 0 Å². The summed E-state index contributed by atoms with van der Waals surface area (Å²) in [6, 6.07) is 7.15. The molecule has 0 radical (unpaired) electrons. The maximum atomic E-state index is 11.6. The van der Waals surface area contributed by atoms with Crippen molar-refractivity contribution in [2.45, 2.75) is 32.7 Å².